The van der Waals surface area contributed by atoms with E-state index in [9.17, 15) is 0 Å². The molecule has 0 atom stereocenters. The quantitative estimate of drug-likeness (QED) is 0.621. The second-order valence-corrected chi connectivity index (χ2v) is 11.3. The molecule has 0 spiro atoms. The minimum absolute atomic E-state index is 0.397. The number of halogens is 1. The molecule has 1 aromatic heterocycles. The zero-order valence-electron chi connectivity index (χ0n) is 9.83. The predicted molar refractivity (Wildman–Crippen MR) is 68.7 cm³/mol. The third kappa shape index (κ3) is 4.47. The van der Waals surface area contributed by atoms with E-state index in [1.165, 1.54) is 0 Å². The minimum atomic E-state index is -1.02. The van der Waals surface area contributed by atoms with E-state index in [0.717, 1.165) is 12.7 Å². The van der Waals surface area contributed by atoms with Gasteiger partial charge in [0, 0.05) is 20.9 Å². The largest absolute Gasteiger partial charge is 0.360 e. The molecule has 1 rings (SSSR count). The third-order valence-electron chi connectivity index (χ3n) is 2.04. The Morgan fingerprint density at radius 1 is 1.56 bits per heavy atom. The molecule has 4 nitrogen and oxygen atoms in total. The lowest BCUT2D eigenvalue weighted by Crippen LogP contribution is -2.22. The van der Waals surface area contributed by atoms with Crippen LogP contribution in [-0.2, 0) is 11.5 Å². The molecule has 0 fully saturated rings. The standard InChI is InChI=1S/C10H16BrN3OSi/c1-16(2,3)5-4-15-8-14-7-9(11)10(6-12)13-14/h7H,4-5,8H2,1-3H3. The number of ether oxygens (including phenoxy) is 1. The van der Waals surface area contributed by atoms with Gasteiger partial charge in [0.2, 0.25) is 0 Å². The van der Waals surface area contributed by atoms with Crippen LogP contribution in [0.5, 0.6) is 0 Å². The lowest BCUT2D eigenvalue weighted by Gasteiger charge is -2.15. The van der Waals surface area contributed by atoms with Gasteiger partial charge in [0.05, 0.1) is 4.47 Å². The van der Waals surface area contributed by atoms with Crippen molar-refractivity contribution in [2.24, 2.45) is 0 Å². The molecule has 1 aromatic rings. The van der Waals surface area contributed by atoms with Gasteiger partial charge < -0.3 is 4.74 Å². The maximum Gasteiger partial charge on any atom is 0.176 e. The molecule has 0 bridgehead atoms. The molecule has 0 aliphatic rings. The molecule has 0 unspecified atom stereocenters. The van der Waals surface area contributed by atoms with Crippen LogP contribution in [0.3, 0.4) is 0 Å². The topological polar surface area (TPSA) is 50.8 Å². The van der Waals surface area contributed by atoms with Crippen LogP contribution < -0.4 is 0 Å². The lowest BCUT2D eigenvalue weighted by molar-refractivity contribution is 0.0784. The number of nitriles is 1. The summed E-state index contributed by atoms with van der Waals surface area (Å²) in [4.78, 5) is 0. The van der Waals surface area contributed by atoms with Crippen LogP contribution in [0, 0.1) is 11.3 Å². The van der Waals surface area contributed by atoms with E-state index in [-0.39, 0.29) is 0 Å². The molecule has 0 aromatic carbocycles. The van der Waals surface area contributed by atoms with Crippen LogP contribution in [0.2, 0.25) is 25.7 Å². The second-order valence-electron chi connectivity index (χ2n) is 4.82. The van der Waals surface area contributed by atoms with Crippen molar-refractivity contribution in [1.82, 2.24) is 9.78 Å². The zero-order chi connectivity index (χ0) is 12.2. The highest BCUT2D eigenvalue weighted by Crippen LogP contribution is 2.13. The van der Waals surface area contributed by atoms with E-state index in [2.05, 4.69) is 40.7 Å². The number of rotatable bonds is 5. The number of aromatic nitrogens is 2. The van der Waals surface area contributed by atoms with Gasteiger partial charge in [-0.3, -0.25) is 0 Å². The summed E-state index contributed by atoms with van der Waals surface area (Å²) >= 11 is 3.26. The van der Waals surface area contributed by atoms with Gasteiger partial charge >= 0.3 is 0 Å². The fraction of sp³-hybridized carbons (Fsp3) is 0.600. The summed E-state index contributed by atoms with van der Waals surface area (Å²) in [5, 5.41) is 12.8. The molecular weight excluding hydrogens is 286 g/mol. The van der Waals surface area contributed by atoms with Gasteiger partial charge in [0.1, 0.15) is 12.8 Å². The molecule has 0 N–H and O–H groups in total. The second kappa shape index (κ2) is 5.62. The van der Waals surface area contributed by atoms with Crippen molar-refractivity contribution < 1.29 is 4.74 Å². The van der Waals surface area contributed by atoms with E-state index >= 15 is 0 Å². The van der Waals surface area contributed by atoms with Crippen LogP contribution in [0.25, 0.3) is 0 Å². The minimum Gasteiger partial charge on any atom is -0.360 e. The normalized spacial score (nSPS) is 11.4. The Kier molecular flexibility index (Phi) is 4.71. The van der Waals surface area contributed by atoms with Crippen molar-refractivity contribution in [2.45, 2.75) is 32.4 Å². The Hall–Kier alpha value is -0.643. The summed E-state index contributed by atoms with van der Waals surface area (Å²) in [6, 6.07) is 3.14. The summed E-state index contributed by atoms with van der Waals surface area (Å²) in [6.07, 6.45) is 1.76. The molecule has 0 saturated carbocycles. The van der Waals surface area contributed by atoms with Crippen LogP contribution in [0.4, 0.5) is 0 Å². The maximum atomic E-state index is 8.72. The first-order chi connectivity index (χ1) is 7.42. The fourth-order valence-electron chi connectivity index (χ4n) is 1.08. The third-order valence-corrected chi connectivity index (χ3v) is 4.33. The first kappa shape index (κ1) is 13.4. The van der Waals surface area contributed by atoms with Gasteiger partial charge in [-0.1, -0.05) is 19.6 Å². The van der Waals surface area contributed by atoms with Crippen molar-refractivity contribution in [3.8, 4) is 6.07 Å². The summed E-state index contributed by atoms with van der Waals surface area (Å²) < 4.78 is 7.86. The molecule has 88 valence electrons. The number of hydrogen-bond donors (Lipinski definition) is 0. The summed E-state index contributed by atoms with van der Waals surface area (Å²) in [5.74, 6) is 0. The Balaban J connectivity index is 2.36. The van der Waals surface area contributed by atoms with Crippen molar-refractivity contribution in [3.05, 3.63) is 16.4 Å². The number of nitrogens with zero attached hydrogens (tertiary/aromatic N) is 3. The van der Waals surface area contributed by atoms with Crippen LogP contribution in [0.15, 0.2) is 10.7 Å². The average Bonchev–Trinajstić information content (AvgIpc) is 2.52. The Labute approximate surface area is 105 Å². The average molecular weight is 302 g/mol. The molecule has 0 aliphatic carbocycles. The van der Waals surface area contributed by atoms with Gasteiger partial charge in [-0.2, -0.15) is 10.4 Å². The molecular formula is C10H16BrN3OSi. The SMILES string of the molecule is C[Si](C)(C)CCOCn1cc(Br)c(C#N)n1. The van der Waals surface area contributed by atoms with Gasteiger partial charge in [-0.05, 0) is 22.0 Å². The maximum absolute atomic E-state index is 8.72. The first-order valence-corrected chi connectivity index (χ1v) is 9.63. The van der Waals surface area contributed by atoms with Crippen molar-refractivity contribution >= 4 is 24.0 Å². The zero-order valence-corrected chi connectivity index (χ0v) is 12.4. The smallest absolute Gasteiger partial charge is 0.176 e. The number of hydrogen-bond acceptors (Lipinski definition) is 3. The summed E-state index contributed by atoms with van der Waals surface area (Å²) in [7, 11) is -1.02. The van der Waals surface area contributed by atoms with Gasteiger partial charge in [-0.25, -0.2) is 4.68 Å². The highest BCUT2D eigenvalue weighted by atomic mass is 79.9. The molecule has 0 radical (unpaired) electrons. The van der Waals surface area contributed by atoms with E-state index in [4.69, 9.17) is 10.00 Å². The lowest BCUT2D eigenvalue weighted by atomic mass is 10.5. The Morgan fingerprint density at radius 3 is 2.75 bits per heavy atom. The van der Waals surface area contributed by atoms with Crippen LogP contribution in [-0.4, -0.2) is 24.5 Å². The van der Waals surface area contributed by atoms with Gasteiger partial charge in [0.25, 0.3) is 0 Å². The molecule has 0 saturated heterocycles. The van der Waals surface area contributed by atoms with Crippen molar-refractivity contribution in [2.75, 3.05) is 6.61 Å². The van der Waals surface area contributed by atoms with Gasteiger partial charge in [-0.15, -0.1) is 0 Å². The summed E-state index contributed by atoms with van der Waals surface area (Å²) in [5.41, 5.74) is 0.397. The van der Waals surface area contributed by atoms with Crippen molar-refractivity contribution in [1.29, 1.82) is 5.26 Å². The predicted octanol–water partition coefficient (Wildman–Crippen LogP) is 2.83. The van der Waals surface area contributed by atoms with E-state index < -0.39 is 8.07 Å². The van der Waals surface area contributed by atoms with Gasteiger partial charge in [0.15, 0.2) is 5.69 Å². The van der Waals surface area contributed by atoms with Crippen LogP contribution in [0.1, 0.15) is 5.69 Å². The Morgan fingerprint density at radius 2 is 2.25 bits per heavy atom. The molecule has 0 aliphatic heterocycles. The van der Waals surface area contributed by atoms with E-state index in [1.54, 1.807) is 10.9 Å². The molecule has 16 heavy (non-hydrogen) atoms. The van der Waals surface area contributed by atoms with Crippen LogP contribution >= 0.6 is 15.9 Å². The van der Waals surface area contributed by atoms with E-state index in [1.807, 2.05) is 6.07 Å². The first-order valence-electron chi connectivity index (χ1n) is 5.13. The molecule has 0 amide bonds. The molecule has 1 heterocycles. The van der Waals surface area contributed by atoms with Crippen molar-refractivity contribution in [3.63, 3.8) is 0 Å². The monoisotopic (exact) mass is 301 g/mol. The fourth-order valence-corrected chi connectivity index (χ4v) is 2.24. The van der Waals surface area contributed by atoms with E-state index in [0.29, 0.717) is 16.9 Å². The highest BCUT2D eigenvalue weighted by molar-refractivity contribution is 9.10. The highest BCUT2D eigenvalue weighted by Gasteiger charge is 2.12. The summed E-state index contributed by atoms with van der Waals surface area (Å²) in [6.45, 7) is 8.11. The molecule has 6 heteroatoms. The Bertz CT molecular complexity index is 392.